The third kappa shape index (κ3) is 7.76. The maximum atomic E-state index is 14.1. The number of hydrogen-bond donors (Lipinski definition) is 0. The van der Waals surface area contributed by atoms with E-state index in [-0.39, 0.29) is 41.7 Å². The molecule has 6 heterocycles. The summed E-state index contributed by atoms with van der Waals surface area (Å²) >= 11 is 28.6. The van der Waals surface area contributed by atoms with Crippen LogP contribution in [0.2, 0.25) is 0 Å². The number of nitrogens with zero attached hydrogens (tertiary/aromatic N) is 4. The number of fused-ring (bicyclic) bond motifs is 2. The van der Waals surface area contributed by atoms with Crippen LogP contribution in [0.4, 0.5) is 0 Å². The number of aromatic nitrogens is 4. The summed E-state index contributed by atoms with van der Waals surface area (Å²) < 4.78 is 16.0. The fourth-order valence-electron chi connectivity index (χ4n) is 18.1. The maximum Gasteiger partial charge on any atom is 0.261 e. The zero-order valence-corrected chi connectivity index (χ0v) is 53.9. The van der Waals surface area contributed by atoms with E-state index in [0.717, 1.165) is 168 Å². The van der Waals surface area contributed by atoms with Crippen molar-refractivity contribution in [2.24, 2.45) is 0 Å². The minimum atomic E-state index is -0.185. The quantitative estimate of drug-likeness (QED) is 0.0745. The van der Waals surface area contributed by atoms with Gasteiger partial charge in [-0.15, -0.1) is 22.7 Å². The second-order valence-electron chi connectivity index (χ2n) is 26.3. The van der Waals surface area contributed by atoms with E-state index in [9.17, 15) is 19.2 Å². The van der Waals surface area contributed by atoms with Crippen molar-refractivity contribution in [3.8, 4) is 0 Å². The molecule has 0 aliphatic heterocycles. The van der Waals surface area contributed by atoms with Crippen LogP contribution in [0.5, 0.6) is 0 Å². The zero-order chi connectivity index (χ0) is 60.2. The van der Waals surface area contributed by atoms with Crippen LogP contribution in [-0.2, 0) is 0 Å². The molecule has 441 valence electrons. The van der Waals surface area contributed by atoms with Crippen LogP contribution in [0.3, 0.4) is 0 Å². The zero-order valence-electron chi connectivity index (χ0n) is 49.0. The number of pyridine rings is 4. The van der Waals surface area contributed by atoms with Crippen molar-refractivity contribution in [2.75, 3.05) is 0 Å². The molecular formula is C73H60B3N4O4S6. The van der Waals surface area contributed by atoms with Gasteiger partial charge in [0.1, 0.15) is 18.6 Å². The molecule has 0 amide bonds. The van der Waals surface area contributed by atoms with Crippen molar-refractivity contribution in [3.63, 3.8) is 0 Å². The van der Waals surface area contributed by atoms with Crippen molar-refractivity contribution in [3.05, 3.63) is 133 Å². The number of benzene rings is 10. The van der Waals surface area contributed by atoms with Gasteiger partial charge < -0.3 is 9.13 Å². The molecule has 6 aromatic heterocycles. The van der Waals surface area contributed by atoms with E-state index >= 15 is 0 Å². The number of thiophene rings is 2. The highest BCUT2D eigenvalue weighted by molar-refractivity contribution is 7.72. The van der Waals surface area contributed by atoms with Crippen molar-refractivity contribution in [1.29, 1.82) is 0 Å². The Kier molecular flexibility index (Phi) is 13.7. The van der Waals surface area contributed by atoms with Crippen LogP contribution in [-0.4, -0.2) is 40.8 Å². The van der Waals surface area contributed by atoms with Gasteiger partial charge in [-0.3, -0.25) is 28.3 Å². The van der Waals surface area contributed by atoms with E-state index in [0.29, 0.717) is 33.6 Å². The second kappa shape index (κ2) is 21.4. The monoisotopic (exact) mass is 1280 g/mol. The van der Waals surface area contributed by atoms with Crippen LogP contribution < -0.4 is 22.2 Å². The molecule has 4 fully saturated rings. The van der Waals surface area contributed by atoms with E-state index in [1.165, 1.54) is 113 Å². The molecule has 8 nitrogen and oxygen atoms in total. The standard InChI is InChI=1S/C36H28N2O4S.C36H28N2S5.CH4.B3/c2*39-33-21-13-11-19-20-12-14-22-28-24(36(42)38(34(22)40)18-9-5-2-6-10-18)16-26-32(30(20)28)31-25(43-26)15-23(27(21)29(19)31)35(41)37(33)17-7-3-1-4-8-17;;1-3-2/h2*11-18H,1-10H2;1H4;. The Hall–Kier alpha value is -6.33. The molecular weight excluding hydrogens is 1220 g/mol. The lowest BCUT2D eigenvalue weighted by Gasteiger charge is -2.27. The van der Waals surface area contributed by atoms with Gasteiger partial charge in [-0.2, -0.15) is 0 Å². The van der Waals surface area contributed by atoms with E-state index in [1.54, 1.807) is 20.5 Å². The van der Waals surface area contributed by atoms with Gasteiger partial charge in [-0.25, -0.2) is 0 Å². The van der Waals surface area contributed by atoms with Crippen molar-refractivity contribution in [2.45, 2.75) is 160 Å². The second-order valence-corrected chi connectivity index (χ2v) is 30.0. The largest absolute Gasteiger partial charge is 0.320 e. The van der Waals surface area contributed by atoms with Crippen LogP contribution in [0, 0.1) is 18.6 Å². The molecule has 17 heteroatoms. The third-order valence-corrected chi connectivity index (χ3v) is 25.7. The molecule has 4 aliphatic carbocycles. The molecule has 0 saturated heterocycles. The van der Waals surface area contributed by atoms with Gasteiger partial charge in [0.2, 0.25) is 0 Å². The SMILES string of the molecule is C.O=c1c2ccc3c4ccc5c(=O)n(C6CCCCC6)c(=O)c6cc7sc8cc(c(=O)n1C1CCCCC1)c2c3c8c7c4c56.S=c1c2ccc3c4ccc5c(=S)n(C6CCCCC6)c(=S)c6cc7sc8cc(c(=S)n1C1CCCCC1)c2c3c8c7c4c56.[B][B][B]. The molecule has 20 rings (SSSR count). The van der Waals surface area contributed by atoms with Gasteiger partial charge in [0.05, 0.1) is 10.8 Å². The highest BCUT2D eigenvalue weighted by atomic mass is 32.1. The van der Waals surface area contributed by atoms with Gasteiger partial charge in [0, 0.05) is 162 Å². The summed E-state index contributed by atoms with van der Waals surface area (Å²) in [7, 11) is 10.0. The summed E-state index contributed by atoms with van der Waals surface area (Å²) in [6.45, 7) is 0. The molecule has 0 N–H and O–H groups in total. The van der Waals surface area contributed by atoms with Gasteiger partial charge in [-0.05, 0) is 109 Å². The summed E-state index contributed by atoms with van der Waals surface area (Å²) in [5.41, 5.74) is -0.738. The Balaban J connectivity index is 0.000000132. The van der Waals surface area contributed by atoms with E-state index < -0.39 is 0 Å². The molecule has 5 radical (unpaired) electrons. The first kappa shape index (κ1) is 57.6. The Morgan fingerprint density at radius 2 is 0.522 bits per heavy atom. The minimum absolute atomic E-state index is 0. The molecule has 0 spiro atoms. The molecule has 0 atom stereocenters. The highest BCUT2D eigenvalue weighted by Gasteiger charge is 2.32. The number of rotatable bonds is 4. The minimum Gasteiger partial charge on any atom is -0.320 e. The van der Waals surface area contributed by atoms with E-state index in [2.05, 4.69) is 61.0 Å². The molecule has 4 saturated carbocycles. The average molecular weight is 1280 g/mol. The molecule has 4 aliphatic rings. The Labute approximate surface area is 548 Å². The van der Waals surface area contributed by atoms with Gasteiger partial charge in [0.15, 0.2) is 0 Å². The van der Waals surface area contributed by atoms with Crippen LogP contribution in [0.25, 0.3) is 148 Å². The fraction of sp³-hybridized carbons (Fsp3) is 0.342. The van der Waals surface area contributed by atoms with E-state index in [1.807, 2.05) is 47.7 Å². The summed E-state index contributed by atoms with van der Waals surface area (Å²) in [6, 6.07) is 26.5. The molecule has 10 aromatic carbocycles. The molecule has 16 aromatic rings. The first-order chi connectivity index (χ1) is 43.5. The van der Waals surface area contributed by atoms with Gasteiger partial charge in [-0.1, -0.05) is 170 Å². The Morgan fingerprint density at radius 1 is 0.300 bits per heavy atom. The lowest BCUT2D eigenvalue weighted by Crippen LogP contribution is -2.37. The molecule has 0 unspecified atom stereocenters. The average Bonchev–Trinajstić information content (AvgIpc) is 1.38. The lowest BCUT2D eigenvalue weighted by molar-refractivity contribution is 0.342. The lowest BCUT2D eigenvalue weighted by atomic mass is 9.40. The fourth-order valence-corrected chi connectivity index (χ4v) is 22.2. The predicted molar refractivity (Wildman–Crippen MR) is 396 cm³/mol. The predicted octanol–water partition coefficient (Wildman–Crippen LogP) is 20.2. The normalized spacial score (nSPS) is 17.3. The van der Waals surface area contributed by atoms with Crippen LogP contribution in [0.1, 0.15) is 160 Å². The van der Waals surface area contributed by atoms with Gasteiger partial charge >= 0.3 is 0 Å². The van der Waals surface area contributed by atoms with Crippen molar-refractivity contribution in [1.82, 2.24) is 18.3 Å². The highest BCUT2D eigenvalue weighted by Crippen LogP contribution is 2.55. The van der Waals surface area contributed by atoms with Crippen LogP contribution in [0.15, 0.2) is 92.0 Å². The summed E-state index contributed by atoms with van der Waals surface area (Å²) in [6.07, 6.45) is 22.2. The third-order valence-electron chi connectivity index (χ3n) is 21.9. The molecule has 0 bridgehead atoms. The topological polar surface area (TPSA) is 88.0 Å². The number of hydrogen-bond acceptors (Lipinski definition) is 10. The smallest absolute Gasteiger partial charge is 0.261 e. The first-order valence-corrected chi connectivity index (χ1v) is 35.4. The maximum absolute atomic E-state index is 14.1. The Morgan fingerprint density at radius 3 is 0.822 bits per heavy atom. The van der Waals surface area contributed by atoms with Crippen molar-refractivity contribution < 1.29 is 0 Å². The summed E-state index contributed by atoms with van der Waals surface area (Å²) in [5, 5.41) is 24.9. The van der Waals surface area contributed by atoms with Gasteiger partial charge in [0.25, 0.3) is 22.2 Å². The van der Waals surface area contributed by atoms with Crippen molar-refractivity contribution >= 4 is 242 Å². The summed E-state index contributed by atoms with van der Waals surface area (Å²) in [4.78, 5) is 56.2. The first-order valence-electron chi connectivity index (χ1n) is 32.2. The van der Waals surface area contributed by atoms with Crippen LogP contribution >= 0.6 is 71.5 Å². The Bertz CT molecular complexity index is 5390. The molecule has 90 heavy (non-hydrogen) atoms. The van der Waals surface area contributed by atoms with E-state index in [4.69, 9.17) is 48.9 Å². The summed E-state index contributed by atoms with van der Waals surface area (Å²) in [5.74, 6) is 0.